The Labute approximate surface area is 155 Å². The molecule has 23 heavy (non-hydrogen) atoms. The van der Waals surface area contributed by atoms with Gasteiger partial charge in [-0.05, 0) is 39.0 Å². The van der Waals surface area contributed by atoms with Gasteiger partial charge < -0.3 is 19.9 Å². The number of ether oxygens (including phenoxy) is 1. The second-order valence-corrected chi connectivity index (χ2v) is 5.54. The largest absolute Gasteiger partial charge is 0.381 e. The number of aliphatic imine (C=N–C) groups is 1. The third kappa shape index (κ3) is 9.09. The molecule has 1 aromatic rings. The lowest BCUT2D eigenvalue weighted by molar-refractivity contribution is 0.123. The molecule has 0 unspecified atom stereocenters. The fourth-order valence-corrected chi connectivity index (χ4v) is 1.96. The first-order chi connectivity index (χ1) is 10.8. The zero-order valence-electron chi connectivity index (χ0n) is 14.0. The van der Waals surface area contributed by atoms with Gasteiger partial charge in [-0.3, -0.25) is 4.99 Å². The molecule has 1 aromatic heterocycles. The van der Waals surface area contributed by atoms with Gasteiger partial charge in [-0.15, -0.1) is 24.0 Å². The van der Waals surface area contributed by atoms with E-state index >= 15 is 0 Å². The monoisotopic (exact) mass is 437 g/mol. The first kappa shape index (κ1) is 20.1. The fraction of sp³-hybridized carbons (Fsp3) is 0.800. The third-order valence-electron chi connectivity index (χ3n) is 3.31. The van der Waals surface area contributed by atoms with Crippen molar-refractivity contribution < 1.29 is 9.26 Å². The molecule has 1 aliphatic rings. The molecule has 2 rings (SSSR count). The fourth-order valence-electron chi connectivity index (χ4n) is 1.96. The van der Waals surface area contributed by atoms with Gasteiger partial charge in [0.2, 0.25) is 5.89 Å². The van der Waals surface area contributed by atoms with Gasteiger partial charge in [-0.2, -0.15) is 4.98 Å². The first-order valence-electron chi connectivity index (χ1n) is 8.17. The Kier molecular flexibility index (Phi) is 10.2. The van der Waals surface area contributed by atoms with Gasteiger partial charge in [0.05, 0.1) is 0 Å². The van der Waals surface area contributed by atoms with E-state index in [-0.39, 0.29) is 24.0 Å². The number of nitrogens with zero attached hydrogens (tertiary/aromatic N) is 3. The van der Waals surface area contributed by atoms with Crippen molar-refractivity contribution in [2.75, 3.05) is 32.8 Å². The zero-order chi connectivity index (χ0) is 15.6. The smallest absolute Gasteiger partial charge is 0.228 e. The van der Waals surface area contributed by atoms with Crippen LogP contribution >= 0.6 is 24.0 Å². The second kappa shape index (κ2) is 11.6. The van der Waals surface area contributed by atoms with E-state index in [1.165, 1.54) is 12.8 Å². The van der Waals surface area contributed by atoms with Crippen molar-refractivity contribution in [1.82, 2.24) is 20.8 Å². The van der Waals surface area contributed by atoms with Crippen LogP contribution in [-0.4, -0.2) is 48.9 Å². The summed E-state index contributed by atoms with van der Waals surface area (Å²) in [5.74, 6) is 2.97. The van der Waals surface area contributed by atoms with Gasteiger partial charge in [0.25, 0.3) is 0 Å². The molecule has 0 aromatic carbocycles. The molecule has 0 atom stereocenters. The molecule has 132 valence electrons. The van der Waals surface area contributed by atoms with Crippen LogP contribution in [0.1, 0.15) is 37.9 Å². The van der Waals surface area contributed by atoms with Gasteiger partial charge in [0.15, 0.2) is 11.8 Å². The Balaban J connectivity index is 0.00000264. The number of hydrogen-bond donors (Lipinski definition) is 2. The van der Waals surface area contributed by atoms with Gasteiger partial charge >= 0.3 is 0 Å². The molecule has 8 heteroatoms. The molecule has 2 N–H and O–H groups in total. The average molecular weight is 437 g/mol. The third-order valence-corrected chi connectivity index (χ3v) is 3.31. The van der Waals surface area contributed by atoms with Gasteiger partial charge in [-0.25, -0.2) is 0 Å². The minimum absolute atomic E-state index is 0. The molecule has 0 spiro atoms. The van der Waals surface area contributed by atoms with E-state index < -0.39 is 0 Å². The SMILES string of the molecule is CCNC(=NCCCOCC1CC1)NCCc1nc(C)no1.I. The lowest BCUT2D eigenvalue weighted by atomic mass is 10.4. The van der Waals surface area contributed by atoms with Crippen LogP contribution in [-0.2, 0) is 11.2 Å². The summed E-state index contributed by atoms with van der Waals surface area (Å²) in [5, 5.41) is 10.3. The van der Waals surface area contributed by atoms with Crippen LogP contribution in [0.2, 0.25) is 0 Å². The van der Waals surface area contributed by atoms with Crippen LogP contribution in [0.25, 0.3) is 0 Å². The quantitative estimate of drug-likeness (QED) is 0.252. The second-order valence-electron chi connectivity index (χ2n) is 5.54. The predicted octanol–water partition coefficient (Wildman–Crippen LogP) is 1.91. The number of halogens is 1. The average Bonchev–Trinajstić information content (AvgIpc) is 3.24. The summed E-state index contributed by atoms with van der Waals surface area (Å²) >= 11 is 0. The summed E-state index contributed by atoms with van der Waals surface area (Å²) in [6.45, 7) is 7.90. The van der Waals surface area contributed by atoms with Crippen molar-refractivity contribution in [3.05, 3.63) is 11.7 Å². The number of guanidine groups is 1. The van der Waals surface area contributed by atoms with E-state index in [9.17, 15) is 0 Å². The van der Waals surface area contributed by atoms with Crippen LogP contribution < -0.4 is 10.6 Å². The van der Waals surface area contributed by atoms with E-state index in [0.29, 0.717) is 24.7 Å². The Morgan fingerprint density at radius 1 is 1.39 bits per heavy atom. The Hall–Kier alpha value is -0.900. The number of nitrogens with one attached hydrogen (secondary N) is 2. The lowest BCUT2D eigenvalue weighted by Gasteiger charge is -2.10. The molecule has 1 aliphatic carbocycles. The molecule has 0 aliphatic heterocycles. The van der Waals surface area contributed by atoms with Crippen molar-refractivity contribution >= 4 is 29.9 Å². The van der Waals surface area contributed by atoms with Crippen molar-refractivity contribution in [1.29, 1.82) is 0 Å². The molecule has 7 nitrogen and oxygen atoms in total. The number of rotatable bonds is 10. The molecular formula is C15H28IN5O2. The summed E-state index contributed by atoms with van der Waals surface area (Å²) in [6.07, 6.45) is 4.32. The van der Waals surface area contributed by atoms with Crippen LogP contribution in [0.4, 0.5) is 0 Å². The summed E-state index contributed by atoms with van der Waals surface area (Å²) in [5.41, 5.74) is 0. The Morgan fingerprint density at radius 2 is 2.22 bits per heavy atom. The lowest BCUT2D eigenvalue weighted by Crippen LogP contribution is -2.38. The van der Waals surface area contributed by atoms with Crippen molar-refractivity contribution in [3.63, 3.8) is 0 Å². The number of hydrogen-bond acceptors (Lipinski definition) is 5. The van der Waals surface area contributed by atoms with E-state index in [4.69, 9.17) is 9.26 Å². The van der Waals surface area contributed by atoms with Crippen molar-refractivity contribution in [2.24, 2.45) is 10.9 Å². The van der Waals surface area contributed by atoms with Crippen molar-refractivity contribution in [3.8, 4) is 0 Å². The van der Waals surface area contributed by atoms with E-state index in [2.05, 4.69) is 32.7 Å². The molecule has 0 radical (unpaired) electrons. The minimum Gasteiger partial charge on any atom is -0.381 e. The maximum absolute atomic E-state index is 5.60. The Bertz CT molecular complexity index is 462. The van der Waals surface area contributed by atoms with Gasteiger partial charge in [0.1, 0.15) is 0 Å². The topological polar surface area (TPSA) is 84.6 Å². The zero-order valence-corrected chi connectivity index (χ0v) is 16.3. The molecule has 0 saturated heterocycles. The molecule has 0 bridgehead atoms. The van der Waals surface area contributed by atoms with Gasteiger partial charge in [0, 0.05) is 39.3 Å². The molecule has 0 amide bonds. The highest BCUT2D eigenvalue weighted by molar-refractivity contribution is 14.0. The predicted molar refractivity (Wildman–Crippen MR) is 100 cm³/mol. The van der Waals surface area contributed by atoms with E-state index in [1.807, 2.05) is 6.92 Å². The van der Waals surface area contributed by atoms with Gasteiger partial charge in [-0.1, -0.05) is 5.16 Å². The summed E-state index contributed by atoms with van der Waals surface area (Å²) < 4.78 is 10.7. The van der Waals surface area contributed by atoms with Crippen LogP contribution in [0, 0.1) is 12.8 Å². The molecule has 1 saturated carbocycles. The minimum atomic E-state index is 0. The molecular weight excluding hydrogens is 409 g/mol. The standard InChI is InChI=1S/C15H27N5O2.HI/c1-3-16-15(17-8-4-10-21-11-13-5-6-13)18-9-7-14-19-12(2)20-22-14;/h13H,3-11H2,1-2H3,(H2,16,17,18);1H. The van der Waals surface area contributed by atoms with Crippen LogP contribution in [0.3, 0.4) is 0 Å². The van der Waals surface area contributed by atoms with Crippen molar-refractivity contribution in [2.45, 2.75) is 39.5 Å². The highest BCUT2D eigenvalue weighted by Crippen LogP contribution is 2.28. The first-order valence-corrected chi connectivity index (χ1v) is 8.17. The number of aryl methyl sites for hydroxylation is 1. The van der Waals surface area contributed by atoms with E-state index in [1.54, 1.807) is 0 Å². The normalized spacial score (nSPS) is 14.4. The summed E-state index contributed by atoms with van der Waals surface area (Å²) in [4.78, 5) is 8.70. The molecule has 1 heterocycles. The maximum atomic E-state index is 5.60. The van der Waals surface area contributed by atoms with E-state index in [0.717, 1.165) is 44.6 Å². The summed E-state index contributed by atoms with van der Waals surface area (Å²) in [7, 11) is 0. The highest BCUT2D eigenvalue weighted by Gasteiger charge is 2.20. The highest BCUT2D eigenvalue weighted by atomic mass is 127. The van der Waals surface area contributed by atoms with Crippen LogP contribution in [0.15, 0.2) is 9.52 Å². The van der Waals surface area contributed by atoms with Crippen LogP contribution in [0.5, 0.6) is 0 Å². The summed E-state index contributed by atoms with van der Waals surface area (Å²) in [6, 6.07) is 0. The molecule has 1 fully saturated rings. The number of aromatic nitrogens is 2. The maximum Gasteiger partial charge on any atom is 0.228 e. The Morgan fingerprint density at radius 3 is 2.87 bits per heavy atom.